The first kappa shape index (κ1) is 15.7. The third kappa shape index (κ3) is 13.7. The maximum Gasteiger partial charge on any atom is 0.0515 e. The molecule has 16 heavy (non-hydrogen) atoms. The fourth-order valence-electron chi connectivity index (χ4n) is 1.79. The Labute approximate surface area is 102 Å². The van der Waals surface area contributed by atoms with Gasteiger partial charge < -0.3 is 5.11 Å². The van der Waals surface area contributed by atoms with Gasteiger partial charge in [0.05, 0.1) is 6.10 Å². The number of rotatable bonds is 11. The van der Waals surface area contributed by atoms with Crippen LogP contribution < -0.4 is 0 Å². The van der Waals surface area contributed by atoms with E-state index in [2.05, 4.69) is 19.1 Å². The van der Waals surface area contributed by atoms with Gasteiger partial charge in [-0.3, -0.25) is 0 Å². The van der Waals surface area contributed by atoms with Crippen LogP contribution in [0.1, 0.15) is 78.1 Å². The van der Waals surface area contributed by atoms with Crippen LogP contribution in [0.5, 0.6) is 0 Å². The van der Waals surface area contributed by atoms with E-state index < -0.39 is 0 Å². The summed E-state index contributed by atoms with van der Waals surface area (Å²) in [4.78, 5) is 0. The van der Waals surface area contributed by atoms with Crippen molar-refractivity contribution in [3.05, 3.63) is 12.2 Å². The Morgan fingerprint density at radius 2 is 1.44 bits per heavy atom. The van der Waals surface area contributed by atoms with Crippen molar-refractivity contribution in [1.82, 2.24) is 0 Å². The second-order valence-electron chi connectivity index (χ2n) is 4.81. The summed E-state index contributed by atoms with van der Waals surface area (Å²) >= 11 is 0. The standard InChI is InChI=1S/C15H30O/c1-3-4-5-6-7-8-9-10-11-12-13-14-15(2)16/h11-12,15-16H,3-10,13-14H2,1-2H3. The maximum atomic E-state index is 9.06. The number of hydrogen-bond acceptors (Lipinski definition) is 1. The van der Waals surface area contributed by atoms with Crippen LogP contribution >= 0.6 is 0 Å². The van der Waals surface area contributed by atoms with Crippen LogP contribution in [-0.2, 0) is 0 Å². The molecule has 0 aliphatic carbocycles. The summed E-state index contributed by atoms with van der Waals surface area (Å²) in [5, 5.41) is 9.06. The molecule has 0 saturated heterocycles. The summed E-state index contributed by atoms with van der Waals surface area (Å²) < 4.78 is 0. The molecular weight excluding hydrogens is 196 g/mol. The van der Waals surface area contributed by atoms with Gasteiger partial charge in [0.2, 0.25) is 0 Å². The predicted octanol–water partition coefficient (Wildman–Crippen LogP) is 4.84. The molecule has 0 aliphatic heterocycles. The van der Waals surface area contributed by atoms with Gasteiger partial charge in [-0.05, 0) is 32.6 Å². The average Bonchev–Trinajstić information content (AvgIpc) is 2.25. The summed E-state index contributed by atoms with van der Waals surface area (Å²) in [6.45, 7) is 4.11. The highest BCUT2D eigenvalue weighted by atomic mass is 16.3. The number of aliphatic hydroxyl groups excluding tert-OH is 1. The molecule has 0 aromatic carbocycles. The predicted molar refractivity (Wildman–Crippen MR) is 72.7 cm³/mol. The lowest BCUT2D eigenvalue weighted by molar-refractivity contribution is 0.186. The third-order valence-corrected chi connectivity index (χ3v) is 2.89. The van der Waals surface area contributed by atoms with E-state index in [-0.39, 0.29) is 6.10 Å². The molecule has 1 heteroatoms. The van der Waals surface area contributed by atoms with Crippen LogP contribution in [0.25, 0.3) is 0 Å². The maximum absolute atomic E-state index is 9.06. The second kappa shape index (κ2) is 12.8. The average molecular weight is 226 g/mol. The summed E-state index contributed by atoms with van der Waals surface area (Å²) in [5.74, 6) is 0. The molecule has 0 bridgehead atoms. The Balaban J connectivity index is 3.03. The van der Waals surface area contributed by atoms with Gasteiger partial charge in [0.1, 0.15) is 0 Å². The fraction of sp³-hybridized carbons (Fsp3) is 0.867. The number of unbranched alkanes of at least 4 members (excludes halogenated alkanes) is 7. The Kier molecular flexibility index (Phi) is 12.5. The van der Waals surface area contributed by atoms with Crippen LogP contribution in [0, 0.1) is 0 Å². The van der Waals surface area contributed by atoms with Gasteiger partial charge in [-0.1, -0.05) is 57.6 Å². The Morgan fingerprint density at radius 3 is 2.06 bits per heavy atom. The Morgan fingerprint density at radius 1 is 0.875 bits per heavy atom. The molecule has 0 saturated carbocycles. The van der Waals surface area contributed by atoms with Crippen molar-refractivity contribution in [2.45, 2.75) is 84.2 Å². The van der Waals surface area contributed by atoms with Crippen molar-refractivity contribution in [3.63, 3.8) is 0 Å². The van der Waals surface area contributed by atoms with Crippen LogP contribution in [-0.4, -0.2) is 11.2 Å². The van der Waals surface area contributed by atoms with Gasteiger partial charge in [-0.2, -0.15) is 0 Å². The Hall–Kier alpha value is -0.300. The topological polar surface area (TPSA) is 20.2 Å². The van der Waals surface area contributed by atoms with Crippen LogP contribution in [0.2, 0.25) is 0 Å². The highest BCUT2D eigenvalue weighted by molar-refractivity contribution is 4.81. The minimum atomic E-state index is -0.150. The van der Waals surface area contributed by atoms with Crippen LogP contribution in [0.3, 0.4) is 0 Å². The van der Waals surface area contributed by atoms with Crippen LogP contribution in [0.4, 0.5) is 0 Å². The zero-order valence-electron chi connectivity index (χ0n) is 11.3. The van der Waals surface area contributed by atoms with Crippen molar-refractivity contribution in [2.24, 2.45) is 0 Å². The first-order chi connectivity index (χ1) is 7.77. The van der Waals surface area contributed by atoms with Crippen molar-refractivity contribution < 1.29 is 5.11 Å². The largest absolute Gasteiger partial charge is 0.393 e. The summed E-state index contributed by atoms with van der Waals surface area (Å²) in [6.07, 6.45) is 17.2. The molecule has 1 atom stereocenters. The number of allylic oxidation sites excluding steroid dienone is 2. The molecule has 0 rings (SSSR count). The van der Waals surface area contributed by atoms with E-state index >= 15 is 0 Å². The third-order valence-electron chi connectivity index (χ3n) is 2.89. The molecular formula is C15H30O. The van der Waals surface area contributed by atoms with E-state index in [1.165, 1.54) is 51.4 Å². The fourth-order valence-corrected chi connectivity index (χ4v) is 1.79. The zero-order chi connectivity index (χ0) is 12.1. The molecule has 0 radical (unpaired) electrons. The zero-order valence-corrected chi connectivity index (χ0v) is 11.3. The van der Waals surface area contributed by atoms with E-state index in [0.29, 0.717) is 0 Å². The van der Waals surface area contributed by atoms with Crippen LogP contribution in [0.15, 0.2) is 12.2 Å². The highest BCUT2D eigenvalue weighted by Crippen LogP contribution is 2.08. The van der Waals surface area contributed by atoms with Gasteiger partial charge in [0.15, 0.2) is 0 Å². The van der Waals surface area contributed by atoms with Crippen molar-refractivity contribution >= 4 is 0 Å². The van der Waals surface area contributed by atoms with Gasteiger partial charge in [0.25, 0.3) is 0 Å². The molecule has 0 aromatic heterocycles. The SMILES string of the molecule is CCCCCCCCCC=CCCC(C)O. The molecule has 0 heterocycles. The van der Waals surface area contributed by atoms with Crippen molar-refractivity contribution in [3.8, 4) is 0 Å². The minimum absolute atomic E-state index is 0.150. The molecule has 1 N–H and O–H groups in total. The molecule has 0 aromatic rings. The summed E-state index contributed by atoms with van der Waals surface area (Å²) in [5.41, 5.74) is 0. The van der Waals surface area contributed by atoms with E-state index in [0.717, 1.165) is 12.8 Å². The normalized spacial score (nSPS) is 13.4. The van der Waals surface area contributed by atoms with E-state index in [9.17, 15) is 0 Å². The molecule has 1 nitrogen and oxygen atoms in total. The van der Waals surface area contributed by atoms with Gasteiger partial charge in [-0.25, -0.2) is 0 Å². The Bertz CT molecular complexity index is 150. The first-order valence-electron chi connectivity index (χ1n) is 7.10. The van der Waals surface area contributed by atoms with Crippen molar-refractivity contribution in [2.75, 3.05) is 0 Å². The van der Waals surface area contributed by atoms with Gasteiger partial charge >= 0.3 is 0 Å². The summed E-state index contributed by atoms with van der Waals surface area (Å²) in [7, 11) is 0. The summed E-state index contributed by atoms with van der Waals surface area (Å²) in [6, 6.07) is 0. The van der Waals surface area contributed by atoms with E-state index in [4.69, 9.17) is 5.11 Å². The van der Waals surface area contributed by atoms with Crippen molar-refractivity contribution in [1.29, 1.82) is 0 Å². The van der Waals surface area contributed by atoms with Gasteiger partial charge in [0, 0.05) is 0 Å². The lowest BCUT2D eigenvalue weighted by Crippen LogP contribution is -1.96. The van der Waals surface area contributed by atoms with Gasteiger partial charge in [-0.15, -0.1) is 0 Å². The monoisotopic (exact) mass is 226 g/mol. The molecule has 0 spiro atoms. The lowest BCUT2D eigenvalue weighted by Gasteiger charge is -2.00. The second-order valence-corrected chi connectivity index (χ2v) is 4.81. The quantitative estimate of drug-likeness (QED) is 0.394. The molecule has 0 fully saturated rings. The minimum Gasteiger partial charge on any atom is -0.393 e. The van der Waals surface area contributed by atoms with E-state index in [1.807, 2.05) is 6.92 Å². The van der Waals surface area contributed by atoms with E-state index in [1.54, 1.807) is 0 Å². The molecule has 96 valence electrons. The molecule has 0 amide bonds. The highest BCUT2D eigenvalue weighted by Gasteiger charge is 1.91. The lowest BCUT2D eigenvalue weighted by atomic mass is 10.1. The number of hydrogen-bond donors (Lipinski definition) is 1. The number of aliphatic hydroxyl groups is 1. The molecule has 1 unspecified atom stereocenters. The molecule has 0 aliphatic rings. The smallest absolute Gasteiger partial charge is 0.0515 e. The first-order valence-corrected chi connectivity index (χ1v) is 7.10.